The molecule has 0 spiro atoms. The van der Waals surface area contributed by atoms with E-state index < -0.39 is 0 Å². The first kappa shape index (κ1) is 10.4. The molecule has 1 aromatic carbocycles. The SMILES string of the molecule is CC#CCC(=O)c1nn(C)c2ccccc12. The molecule has 0 saturated heterocycles. The highest BCUT2D eigenvalue weighted by atomic mass is 16.1. The molecule has 0 saturated carbocycles. The van der Waals surface area contributed by atoms with E-state index >= 15 is 0 Å². The number of fused-ring (bicyclic) bond motifs is 1. The van der Waals surface area contributed by atoms with E-state index in [0.29, 0.717) is 5.69 Å². The molecule has 80 valence electrons. The highest BCUT2D eigenvalue weighted by molar-refractivity contribution is 6.06. The molecule has 0 unspecified atom stereocenters. The number of rotatable bonds is 2. The van der Waals surface area contributed by atoms with E-state index in [1.807, 2.05) is 31.3 Å². The van der Waals surface area contributed by atoms with Gasteiger partial charge in [0.05, 0.1) is 11.9 Å². The molecule has 1 aromatic heterocycles. The molecule has 16 heavy (non-hydrogen) atoms. The predicted molar refractivity (Wildman–Crippen MR) is 63.1 cm³/mol. The maximum atomic E-state index is 11.9. The van der Waals surface area contributed by atoms with Crippen LogP contribution in [0.2, 0.25) is 0 Å². The van der Waals surface area contributed by atoms with Gasteiger partial charge in [0.25, 0.3) is 0 Å². The van der Waals surface area contributed by atoms with E-state index in [9.17, 15) is 4.79 Å². The summed E-state index contributed by atoms with van der Waals surface area (Å²) < 4.78 is 1.72. The van der Waals surface area contributed by atoms with Gasteiger partial charge in [-0.05, 0) is 13.0 Å². The van der Waals surface area contributed by atoms with E-state index in [-0.39, 0.29) is 12.2 Å². The van der Waals surface area contributed by atoms with Gasteiger partial charge in [0.1, 0.15) is 5.69 Å². The molecule has 2 aromatic rings. The molecule has 1 heterocycles. The van der Waals surface area contributed by atoms with Crippen molar-refractivity contribution in [3.8, 4) is 11.8 Å². The molecule has 0 aliphatic heterocycles. The number of ketones is 1. The zero-order valence-corrected chi connectivity index (χ0v) is 9.32. The summed E-state index contributed by atoms with van der Waals surface area (Å²) in [4.78, 5) is 11.9. The molecular weight excluding hydrogens is 200 g/mol. The molecule has 0 fully saturated rings. The average molecular weight is 212 g/mol. The Morgan fingerprint density at radius 1 is 1.44 bits per heavy atom. The van der Waals surface area contributed by atoms with Crippen molar-refractivity contribution in [1.29, 1.82) is 0 Å². The number of Topliss-reactive ketones (excluding diaryl/α,β-unsaturated/α-hetero) is 1. The second kappa shape index (κ2) is 4.19. The summed E-state index contributed by atoms with van der Waals surface area (Å²) in [5.41, 5.74) is 1.48. The Kier molecular flexibility index (Phi) is 2.74. The van der Waals surface area contributed by atoms with Gasteiger partial charge in [-0.1, -0.05) is 24.1 Å². The van der Waals surface area contributed by atoms with Crippen molar-refractivity contribution in [3.05, 3.63) is 30.0 Å². The molecule has 0 amide bonds. The van der Waals surface area contributed by atoms with Gasteiger partial charge in [0.2, 0.25) is 0 Å². The minimum atomic E-state index is -0.0221. The number of carbonyl (C=O) groups excluding carboxylic acids is 1. The number of carbonyl (C=O) groups is 1. The Morgan fingerprint density at radius 3 is 2.94 bits per heavy atom. The van der Waals surface area contributed by atoms with Crippen molar-refractivity contribution in [2.45, 2.75) is 13.3 Å². The monoisotopic (exact) mass is 212 g/mol. The molecule has 0 aliphatic carbocycles. The van der Waals surface area contributed by atoms with Gasteiger partial charge in [0, 0.05) is 12.4 Å². The number of para-hydroxylation sites is 1. The third-order valence-electron chi connectivity index (χ3n) is 2.45. The summed E-state index contributed by atoms with van der Waals surface area (Å²) in [5, 5.41) is 5.14. The van der Waals surface area contributed by atoms with Crippen molar-refractivity contribution < 1.29 is 4.79 Å². The van der Waals surface area contributed by atoms with E-state index in [1.165, 1.54) is 0 Å². The maximum absolute atomic E-state index is 11.9. The smallest absolute Gasteiger partial charge is 0.195 e. The number of aromatic nitrogens is 2. The average Bonchev–Trinajstić information content (AvgIpc) is 2.65. The normalized spacial score (nSPS) is 9.88. The highest BCUT2D eigenvalue weighted by Gasteiger charge is 2.14. The summed E-state index contributed by atoms with van der Waals surface area (Å²) in [6.07, 6.45) is 0.234. The first-order chi connectivity index (χ1) is 7.74. The quantitative estimate of drug-likeness (QED) is 0.565. The van der Waals surface area contributed by atoms with Crippen LogP contribution in [0.3, 0.4) is 0 Å². The number of hydrogen-bond acceptors (Lipinski definition) is 2. The van der Waals surface area contributed by atoms with Gasteiger partial charge in [-0.15, -0.1) is 5.92 Å². The van der Waals surface area contributed by atoms with Crippen LogP contribution in [0.4, 0.5) is 0 Å². The van der Waals surface area contributed by atoms with Gasteiger partial charge in [-0.2, -0.15) is 5.10 Å². The molecule has 2 rings (SSSR count). The molecule has 0 radical (unpaired) electrons. The third kappa shape index (κ3) is 1.70. The van der Waals surface area contributed by atoms with Gasteiger partial charge >= 0.3 is 0 Å². The van der Waals surface area contributed by atoms with Gasteiger partial charge in [0.15, 0.2) is 5.78 Å². The molecule has 0 aliphatic rings. The second-order valence-electron chi connectivity index (χ2n) is 3.52. The summed E-state index contributed by atoms with van der Waals surface area (Å²) in [5.74, 6) is 5.47. The van der Waals surface area contributed by atoms with E-state index in [2.05, 4.69) is 16.9 Å². The van der Waals surface area contributed by atoms with Crippen LogP contribution in [-0.2, 0) is 7.05 Å². The minimum Gasteiger partial charge on any atom is -0.291 e. The number of nitrogens with zero attached hydrogens (tertiary/aromatic N) is 2. The van der Waals surface area contributed by atoms with Crippen LogP contribution in [0, 0.1) is 11.8 Å². The Morgan fingerprint density at radius 2 is 2.19 bits per heavy atom. The van der Waals surface area contributed by atoms with Crippen LogP contribution in [0.25, 0.3) is 10.9 Å². The Bertz CT molecular complexity index is 599. The fourth-order valence-corrected chi connectivity index (χ4v) is 1.67. The lowest BCUT2D eigenvalue weighted by Gasteiger charge is -1.91. The fourth-order valence-electron chi connectivity index (χ4n) is 1.67. The first-order valence-corrected chi connectivity index (χ1v) is 5.08. The Balaban J connectivity index is 2.51. The minimum absolute atomic E-state index is 0.0221. The zero-order valence-electron chi connectivity index (χ0n) is 9.32. The van der Waals surface area contributed by atoms with Crippen molar-refractivity contribution in [2.75, 3.05) is 0 Å². The molecule has 0 atom stereocenters. The van der Waals surface area contributed by atoms with Crippen molar-refractivity contribution >= 4 is 16.7 Å². The number of benzene rings is 1. The van der Waals surface area contributed by atoms with Gasteiger partial charge < -0.3 is 0 Å². The molecule has 0 bridgehead atoms. The molecular formula is C13H12N2O. The van der Waals surface area contributed by atoms with Crippen LogP contribution in [0.1, 0.15) is 23.8 Å². The highest BCUT2D eigenvalue weighted by Crippen LogP contribution is 2.18. The lowest BCUT2D eigenvalue weighted by molar-refractivity contribution is 0.0994. The summed E-state index contributed by atoms with van der Waals surface area (Å²) in [6, 6.07) is 7.70. The maximum Gasteiger partial charge on any atom is 0.195 e. The third-order valence-corrected chi connectivity index (χ3v) is 2.45. The molecule has 0 N–H and O–H groups in total. The van der Waals surface area contributed by atoms with Gasteiger partial charge in [-0.25, -0.2) is 0 Å². The van der Waals surface area contributed by atoms with Crippen molar-refractivity contribution in [2.24, 2.45) is 7.05 Å². The lowest BCUT2D eigenvalue weighted by atomic mass is 10.1. The summed E-state index contributed by atoms with van der Waals surface area (Å²) in [7, 11) is 1.84. The fraction of sp³-hybridized carbons (Fsp3) is 0.231. The van der Waals surface area contributed by atoms with Crippen molar-refractivity contribution in [3.63, 3.8) is 0 Å². The molecule has 3 nitrogen and oxygen atoms in total. The number of aryl methyl sites for hydroxylation is 1. The van der Waals surface area contributed by atoms with Crippen LogP contribution >= 0.6 is 0 Å². The van der Waals surface area contributed by atoms with Crippen LogP contribution < -0.4 is 0 Å². The zero-order chi connectivity index (χ0) is 11.5. The van der Waals surface area contributed by atoms with E-state index in [4.69, 9.17) is 0 Å². The largest absolute Gasteiger partial charge is 0.291 e. The van der Waals surface area contributed by atoms with Crippen LogP contribution in [0.5, 0.6) is 0 Å². The van der Waals surface area contributed by atoms with Crippen molar-refractivity contribution in [1.82, 2.24) is 9.78 Å². The topological polar surface area (TPSA) is 34.9 Å². The lowest BCUT2D eigenvalue weighted by Crippen LogP contribution is -2.00. The van der Waals surface area contributed by atoms with E-state index in [1.54, 1.807) is 11.6 Å². The van der Waals surface area contributed by atoms with Crippen LogP contribution in [-0.4, -0.2) is 15.6 Å². The van der Waals surface area contributed by atoms with E-state index in [0.717, 1.165) is 10.9 Å². The van der Waals surface area contributed by atoms with Crippen LogP contribution in [0.15, 0.2) is 24.3 Å². The molecule has 3 heteroatoms. The van der Waals surface area contributed by atoms with Gasteiger partial charge in [-0.3, -0.25) is 9.48 Å². The summed E-state index contributed by atoms with van der Waals surface area (Å²) >= 11 is 0. The standard InChI is InChI=1S/C13H12N2O/c1-3-4-9-12(16)13-10-7-5-6-8-11(10)15(2)14-13/h5-8H,9H2,1-2H3. The predicted octanol–water partition coefficient (Wildman–Crippen LogP) is 2.17. The number of hydrogen-bond donors (Lipinski definition) is 0. The first-order valence-electron chi connectivity index (χ1n) is 5.08. The summed E-state index contributed by atoms with van der Waals surface area (Å²) in [6.45, 7) is 1.73. The second-order valence-corrected chi connectivity index (χ2v) is 3.52. The Hall–Kier alpha value is -2.08. The Labute approximate surface area is 94.1 Å².